The van der Waals surface area contributed by atoms with Gasteiger partial charge in [0.15, 0.2) is 0 Å². The van der Waals surface area contributed by atoms with Crippen LogP contribution in [0, 0.1) is 0 Å². The number of phenolic OH excluding ortho intramolecular Hbond substituents is 1. The van der Waals surface area contributed by atoms with Crippen LogP contribution in [0.1, 0.15) is 11.3 Å². The van der Waals surface area contributed by atoms with Crippen molar-refractivity contribution in [1.29, 1.82) is 0 Å². The van der Waals surface area contributed by atoms with Gasteiger partial charge in [0, 0.05) is 75.1 Å². The van der Waals surface area contributed by atoms with E-state index in [-0.39, 0.29) is 11.7 Å². The Morgan fingerprint density at radius 3 is 2.52 bits per heavy atom. The molecule has 2 aromatic carbocycles. The number of hydrogen-bond donors (Lipinski definition) is 3. The number of anilines is 2. The lowest BCUT2D eigenvalue weighted by Gasteiger charge is -2.40. The number of piperazine rings is 1. The van der Waals surface area contributed by atoms with Crippen LogP contribution in [0.25, 0.3) is 10.8 Å². The summed E-state index contributed by atoms with van der Waals surface area (Å²) < 4.78 is 25.9. The molecular formula is C30H38N6O5S. The van der Waals surface area contributed by atoms with Crippen LogP contribution in [0.5, 0.6) is 11.8 Å². The topological polar surface area (TPSA) is 126 Å². The van der Waals surface area contributed by atoms with Crippen molar-refractivity contribution in [1.82, 2.24) is 19.8 Å². The molecule has 11 nitrogen and oxygen atoms in total. The number of rotatable bonds is 7. The van der Waals surface area contributed by atoms with Crippen LogP contribution in [-0.2, 0) is 17.8 Å². The Morgan fingerprint density at radius 2 is 1.76 bits per heavy atom. The Morgan fingerprint density at radius 1 is 1.00 bits per heavy atom. The quantitative estimate of drug-likeness (QED) is 0.351. The van der Waals surface area contributed by atoms with Gasteiger partial charge in [-0.15, -0.1) is 0 Å². The summed E-state index contributed by atoms with van der Waals surface area (Å²) >= 11 is 0. The standard InChI is InChI=1S/C30H38N6O5S/c1-2-28(38)34-9-11-35(12-10-34)29-25-7-8-36(27-20-23(37)19-22-5-3-4-6-24(22)27)21-26(25)31-30(32-29)41-16-13-33-14-17-42(39,40)18-15-33/h2-6,19-20,37,39-40H,1,7-18,21H2. The van der Waals surface area contributed by atoms with Gasteiger partial charge < -0.3 is 24.5 Å². The third-order valence-corrected chi connectivity index (χ3v) is 10.0. The maximum Gasteiger partial charge on any atom is 0.318 e. The van der Waals surface area contributed by atoms with E-state index in [1.165, 1.54) is 6.08 Å². The molecule has 3 N–H and O–H groups in total. The zero-order valence-electron chi connectivity index (χ0n) is 23.7. The number of benzene rings is 2. The van der Waals surface area contributed by atoms with Gasteiger partial charge in [-0.25, -0.2) is 0 Å². The number of carbonyl (C=O) groups excluding carboxylic acids is 1. The van der Waals surface area contributed by atoms with E-state index in [2.05, 4.69) is 27.3 Å². The van der Waals surface area contributed by atoms with E-state index in [1.807, 2.05) is 24.3 Å². The maximum atomic E-state index is 12.2. The van der Waals surface area contributed by atoms with Gasteiger partial charge in [-0.05, 0) is 23.9 Å². The molecule has 2 fully saturated rings. The first kappa shape index (κ1) is 28.5. The molecular weight excluding hydrogens is 556 g/mol. The van der Waals surface area contributed by atoms with E-state index in [0.717, 1.165) is 46.5 Å². The molecule has 0 spiro atoms. The summed E-state index contributed by atoms with van der Waals surface area (Å²) in [5.41, 5.74) is 2.95. The molecule has 1 aromatic heterocycles. The predicted molar refractivity (Wildman–Crippen MR) is 166 cm³/mol. The average Bonchev–Trinajstić information content (AvgIpc) is 3.00. The third-order valence-electron chi connectivity index (χ3n) is 8.36. The Kier molecular flexibility index (Phi) is 8.13. The SMILES string of the molecule is C=CC(=O)N1CCN(c2nc(OCCN3CCS(O)(O)CC3)nc3c2CCN(c2cc(O)cc4ccccc24)C3)CC1. The number of carbonyl (C=O) groups is 1. The molecule has 0 radical (unpaired) electrons. The first-order valence-corrected chi connectivity index (χ1v) is 16.3. The van der Waals surface area contributed by atoms with E-state index < -0.39 is 10.6 Å². The van der Waals surface area contributed by atoms with Gasteiger partial charge in [-0.3, -0.25) is 18.8 Å². The molecule has 3 aliphatic rings. The molecule has 0 bridgehead atoms. The second kappa shape index (κ2) is 12.0. The summed E-state index contributed by atoms with van der Waals surface area (Å²) in [6, 6.07) is 12.0. The van der Waals surface area contributed by atoms with E-state index >= 15 is 0 Å². The van der Waals surface area contributed by atoms with Gasteiger partial charge in [0.05, 0.1) is 23.7 Å². The molecule has 42 heavy (non-hydrogen) atoms. The lowest BCUT2D eigenvalue weighted by molar-refractivity contribution is -0.126. The number of ether oxygens (including phenoxy) is 1. The molecule has 2 saturated heterocycles. The van der Waals surface area contributed by atoms with Crippen LogP contribution in [0.15, 0.2) is 49.1 Å². The molecule has 0 saturated carbocycles. The number of fused-ring (bicyclic) bond motifs is 2. The maximum absolute atomic E-state index is 12.2. The minimum absolute atomic E-state index is 0.0590. The largest absolute Gasteiger partial charge is 0.508 e. The second-order valence-electron chi connectivity index (χ2n) is 11.0. The van der Waals surface area contributed by atoms with Crippen molar-refractivity contribution in [2.45, 2.75) is 13.0 Å². The predicted octanol–water partition coefficient (Wildman–Crippen LogP) is 3.18. The molecule has 224 valence electrons. The normalized spacial score (nSPS) is 19.8. The molecule has 0 aliphatic carbocycles. The van der Waals surface area contributed by atoms with Crippen molar-refractivity contribution in [2.75, 3.05) is 80.3 Å². The van der Waals surface area contributed by atoms with Crippen LogP contribution in [-0.4, -0.2) is 110 Å². The smallest absolute Gasteiger partial charge is 0.318 e. The van der Waals surface area contributed by atoms with Crippen LogP contribution >= 0.6 is 10.6 Å². The highest BCUT2D eigenvalue weighted by Crippen LogP contribution is 2.40. The summed E-state index contributed by atoms with van der Waals surface area (Å²) in [4.78, 5) is 30.4. The molecule has 6 rings (SSSR count). The van der Waals surface area contributed by atoms with Gasteiger partial charge in [-0.1, -0.05) is 30.8 Å². The van der Waals surface area contributed by atoms with E-state index in [4.69, 9.17) is 14.7 Å². The minimum Gasteiger partial charge on any atom is -0.508 e. The fourth-order valence-corrected chi connectivity index (χ4v) is 7.28. The van der Waals surface area contributed by atoms with Gasteiger partial charge in [0.1, 0.15) is 18.2 Å². The highest BCUT2D eigenvalue weighted by molar-refractivity contribution is 8.24. The van der Waals surface area contributed by atoms with Gasteiger partial charge in [-0.2, -0.15) is 20.6 Å². The zero-order chi connectivity index (χ0) is 29.3. The molecule has 12 heteroatoms. The van der Waals surface area contributed by atoms with Crippen molar-refractivity contribution in [2.24, 2.45) is 0 Å². The van der Waals surface area contributed by atoms with Crippen molar-refractivity contribution in [3.8, 4) is 11.8 Å². The van der Waals surface area contributed by atoms with Crippen molar-refractivity contribution in [3.05, 3.63) is 60.3 Å². The highest BCUT2D eigenvalue weighted by Gasteiger charge is 2.29. The number of aromatic hydroxyl groups is 1. The highest BCUT2D eigenvalue weighted by atomic mass is 32.3. The Hall–Kier alpha value is -3.58. The summed E-state index contributed by atoms with van der Waals surface area (Å²) in [6.07, 6.45) is 2.10. The first-order chi connectivity index (χ1) is 20.3. The number of hydrogen-bond acceptors (Lipinski definition) is 10. The minimum atomic E-state index is -2.44. The fraction of sp³-hybridized carbons (Fsp3) is 0.433. The number of amides is 1. The number of nitrogens with zero attached hydrogens (tertiary/aromatic N) is 6. The zero-order valence-corrected chi connectivity index (χ0v) is 24.5. The van der Waals surface area contributed by atoms with Crippen molar-refractivity contribution >= 4 is 38.8 Å². The van der Waals surface area contributed by atoms with Crippen molar-refractivity contribution < 1.29 is 23.7 Å². The van der Waals surface area contributed by atoms with E-state index in [1.54, 1.807) is 11.0 Å². The van der Waals surface area contributed by atoms with Crippen molar-refractivity contribution in [3.63, 3.8) is 0 Å². The second-order valence-corrected chi connectivity index (χ2v) is 13.5. The van der Waals surface area contributed by atoms with Crippen LogP contribution in [0.4, 0.5) is 11.5 Å². The van der Waals surface area contributed by atoms with Crippen LogP contribution in [0.2, 0.25) is 0 Å². The molecule has 3 aliphatic heterocycles. The van der Waals surface area contributed by atoms with Gasteiger partial charge in [0.2, 0.25) is 5.91 Å². The summed E-state index contributed by atoms with van der Waals surface area (Å²) in [6.45, 7) is 9.71. The Labute approximate surface area is 247 Å². The van der Waals surface area contributed by atoms with Gasteiger partial charge >= 0.3 is 6.01 Å². The van der Waals surface area contributed by atoms with Crippen LogP contribution in [0.3, 0.4) is 0 Å². The van der Waals surface area contributed by atoms with Crippen LogP contribution < -0.4 is 14.5 Å². The van der Waals surface area contributed by atoms with E-state index in [9.17, 15) is 19.0 Å². The van der Waals surface area contributed by atoms with E-state index in [0.29, 0.717) is 76.5 Å². The fourth-order valence-electron chi connectivity index (χ4n) is 5.98. The molecule has 1 amide bonds. The molecule has 4 heterocycles. The molecule has 3 aromatic rings. The molecule has 0 atom stereocenters. The van der Waals surface area contributed by atoms with Gasteiger partial charge in [0.25, 0.3) is 0 Å². The summed E-state index contributed by atoms with van der Waals surface area (Å²) in [5.74, 6) is 1.82. The lowest BCUT2D eigenvalue weighted by atomic mass is 10.0. The summed E-state index contributed by atoms with van der Waals surface area (Å²) in [7, 11) is -2.44. The summed E-state index contributed by atoms with van der Waals surface area (Å²) in [5, 5.41) is 12.5. The average molecular weight is 595 g/mol. The monoisotopic (exact) mass is 594 g/mol. The third kappa shape index (κ3) is 6.12. The molecule has 0 unspecified atom stereocenters. The number of aromatic nitrogens is 2. The lowest BCUT2D eigenvalue weighted by Crippen LogP contribution is -2.49. The first-order valence-electron chi connectivity index (χ1n) is 14.4. The Bertz CT molecular complexity index is 1470. The Balaban J connectivity index is 1.25. The number of phenols is 1.